The van der Waals surface area contributed by atoms with E-state index in [1.54, 1.807) is 0 Å². The minimum Gasteiger partial charge on any atom is -0.399 e. The Kier molecular flexibility index (Phi) is 4.32. The van der Waals surface area contributed by atoms with Gasteiger partial charge in [0.05, 0.1) is 0 Å². The first-order chi connectivity index (χ1) is 10.2. The Bertz CT molecular complexity index is 606. The molecule has 4 heteroatoms. The summed E-state index contributed by atoms with van der Waals surface area (Å²) in [6, 6.07) is 16.2. The molecule has 0 unspecified atom stereocenters. The van der Waals surface area contributed by atoms with Crippen molar-refractivity contribution in [2.24, 2.45) is 0 Å². The van der Waals surface area contributed by atoms with Gasteiger partial charge in [0.1, 0.15) is 0 Å². The third kappa shape index (κ3) is 3.49. The van der Waals surface area contributed by atoms with E-state index in [1.165, 1.54) is 11.3 Å². The zero-order valence-corrected chi connectivity index (χ0v) is 12.8. The van der Waals surface area contributed by atoms with Gasteiger partial charge in [0.15, 0.2) is 0 Å². The van der Waals surface area contributed by atoms with Gasteiger partial charge in [0, 0.05) is 49.1 Å². The Morgan fingerprint density at radius 3 is 2.43 bits per heavy atom. The van der Waals surface area contributed by atoms with Gasteiger partial charge in [-0.3, -0.25) is 4.90 Å². The molecule has 3 rings (SSSR count). The molecular weight excluding hydrogens is 282 g/mol. The molecule has 0 aromatic heterocycles. The van der Waals surface area contributed by atoms with Crippen molar-refractivity contribution in [1.29, 1.82) is 0 Å². The van der Waals surface area contributed by atoms with Gasteiger partial charge in [-0.25, -0.2) is 0 Å². The number of halogens is 1. The summed E-state index contributed by atoms with van der Waals surface area (Å²) in [4.78, 5) is 4.84. The van der Waals surface area contributed by atoms with E-state index in [1.807, 2.05) is 36.4 Å². The number of nitrogens with two attached hydrogens (primary N) is 1. The standard InChI is InChI=1S/C17H20ClN3/c18-17-7-2-1-4-14(17)13-20-8-10-21(11-9-20)16-6-3-5-15(19)12-16/h1-7,12H,8-11,13,19H2. The molecule has 0 atom stereocenters. The Labute approximate surface area is 130 Å². The van der Waals surface area contributed by atoms with Crippen LogP contribution in [0.1, 0.15) is 5.56 Å². The quantitative estimate of drug-likeness (QED) is 0.883. The lowest BCUT2D eigenvalue weighted by Gasteiger charge is -2.36. The molecule has 3 nitrogen and oxygen atoms in total. The molecule has 21 heavy (non-hydrogen) atoms. The van der Waals surface area contributed by atoms with E-state index in [4.69, 9.17) is 17.3 Å². The smallest absolute Gasteiger partial charge is 0.0451 e. The molecule has 1 saturated heterocycles. The molecule has 2 aromatic carbocycles. The highest BCUT2D eigenvalue weighted by Crippen LogP contribution is 2.21. The SMILES string of the molecule is Nc1cccc(N2CCN(Cc3ccccc3Cl)CC2)c1. The van der Waals surface area contributed by atoms with Crippen LogP contribution in [0.15, 0.2) is 48.5 Å². The normalized spacial score (nSPS) is 16.1. The van der Waals surface area contributed by atoms with Crippen molar-refractivity contribution in [3.05, 3.63) is 59.1 Å². The monoisotopic (exact) mass is 301 g/mol. The lowest BCUT2D eigenvalue weighted by Crippen LogP contribution is -2.46. The van der Waals surface area contributed by atoms with E-state index in [9.17, 15) is 0 Å². The number of benzene rings is 2. The molecule has 0 amide bonds. The molecule has 0 aliphatic carbocycles. The zero-order valence-electron chi connectivity index (χ0n) is 12.0. The molecule has 1 aliphatic heterocycles. The van der Waals surface area contributed by atoms with Gasteiger partial charge >= 0.3 is 0 Å². The average Bonchev–Trinajstić information content (AvgIpc) is 2.50. The number of nitrogen functional groups attached to an aromatic ring is 1. The summed E-state index contributed by atoms with van der Waals surface area (Å²) in [5.41, 5.74) is 9.10. The molecule has 0 bridgehead atoms. The fraction of sp³-hybridized carbons (Fsp3) is 0.294. The first-order valence-corrected chi connectivity index (χ1v) is 7.66. The number of hydrogen-bond acceptors (Lipinski definition) is 3. The van der Waals surface area contributed by atoms with Gasteiger partial charge in [-0.05, 0) is 29.8 Å². The van der Waals surface area contributed by atoms with Gasteiger partial charge in [-0.2, -0.15) is 0 Å². The van der Waals surface area contributed by atoms with Crippen molar-refractivity contribution < 1.29 is 0 Å². The fourth-order valence-electron chi connectivity index (χ4n) is 2.75. The minimum absolute atomic E-state index is 0.825. The Balaban J connectivity index is 1.59. The van der Waals surface area contributed by atoms with Gasteiger partial charge in [0.25, 0.3) is 0 Å². The van der Waals surface area contributed by atoms with Gasteiger partial charge in [-0.1, -0.05) is 35.9 Å². The highest BCUT2D eigenvalue weighted by molar-refractivity contribution is 6.31. The van der Waals surface area contributed by atoms with Crippen LogP contribution in [0.3, 0.4) is 0 Å². The lowest BCUT2D eigenvalue weighted by atomic mass is 10.2. The maximum atomic E-state index is 6.23. The molecule has 2 N–H and O–H groups in total. The summed E-state index contributed by atoms with van der Waals surface area (Å²) >= 11 is 6.23. The largest absolute Gasteiger partial charge is 0.399 e. The second-order valence-corrected chi connectivity index (χ2v) is 5.86. The summed E-state index contributed by atoms with van der Waals surface area (Å²) in [7, 11) is 0. The summed E-state index contributed by atoms with van der Waals surface area (Å²) in [6.07, 6.45) is 0. The van der Waals surface area contributed by atoms with Crippen LogP contribution in [0, 0.1) is 0 Å². The molecule has 1 heterocycles. The van der Waals surface area contributed by atoms with Crippen LogP contribution in [0.2, 0.25) is 5.02 Å². The molecule has 2 aromatic rings. The number of piperazine rings is 1. The van der Waals surface area contributed by atoms with Crippen LogP contribution in [-0.4, -0.2) is 31.1 Å². The minimum atomic E-state index is 0.825. The third-order valence-electron chi connectivity index (χ3n) is 3.96. The maximum absolute atomic E-state index is 6.23. The maximum Gasteiger partial charge on any atom is 0.0451 e. The van der Waals surface area contributed by atoms with Crippen LogP contribution in [0.5, 0.6) is 0 Å². The summed E-state index contributed by atoms with van der Waals surface area (Å²) < 4.78 is 0. The highest BCUT2D eigenvalue weighted by Gasteiger charge is 2.18. The van der Waals surface area contributed by atoms with E-state index in [2.05, 4.69) is 21.9 Å². The van der Waals surface area contributed by atoms with E-state index in [0.29, 0.717) is 0 Å². The van der Waals surface area contributed by atoms with Gasteiger partial charge < -0.3 is 10.6 Å². The molecule has 0 saturated carbocycles. The van der Waals surface area contributed by atoms with Crippen molar-refractivity contribution in [2.45, 2.75) is 6.54 Å². The van der Waals surface area contributed by atoms with E-state index in [0.717, 1.165) is 43.4 Å². The van der Waals surface area contributed by atoms with Crippen LogP contribution in [0.25, 0.3) is 0 Å². The van der Waals surface area contributed by atoms with Crippen LogP contribution >= 0.6 is 11.6 Å². The fourth-order valence-corrected chi connectivity index (χ4v) is 2.95. The number of anilines is 2. The molecule has 1 aliphatic rings. The van der Waals surface area contributed by atoms with Crippen LogP contribution in [0.4, 0.5) is 11.4 Å². The second-order valence-electron chi connectivity index (χ2n) is 5.45. The average molecular weight is 302 g/mol. The van der Waals surface area contributed by atoms with Gasteiger partial charge in [-0.15, -0.1) is 0 Å². The number of rotatable bonds is 3. The first kappa shape index (κ1) is 14.2. The van der Waals surface area contributed by atoms with Crippen molar-refractivity contribution in [3.8, 4) is 0 Å². The predicted molar refractivity (Wildman–Crippen MR) is 89.8 cm³/mol. The molecule has 1 fully saturated rings. The van der Waals surface area contributed by atoms with E-state index < -0.39 is 0 Å². The van der Waals surface area contributed by atoms with Gasteiger partial charge in [0.2, 0.25) is 0 Å². The molecular formula is C17H20ClN3. The summed E-state index contributed by atoms with van der Waals surface area (Å²) in [5, 5.41) is 0.857. The molecule has 0 radical (unpaired) electrons. The second kappa shape index (κ2) is 6.37. The lowest BCUT2D eigenvalue weighted by molar-refractivity contribution is 0.250. The topological polar surface area (TPSA) is 32.5 Å². The van der Waals surface area contributed by atoms with Crippen molar-refractivity contribution >= 4 is 23.0 Å². The van der Waals surface area contributed by atoms with E-state index in [-0.39, 0.29) is 0 Å². The summed E-state index contributed by atoms with van der Waals surface area (Å²) in [6.45, 7) is 5.05. The van der Waals surface area contributed by atoms with Crippen molar-refractivity contribution in [3.63, 3.8) is 0 Å². The first-order valence-electron chi connectivity index (χ1n) is 7.28. The predicted octanol–water partition coefficient (Wildman–Crippen LogP) is 3.24. The Morgan fingerprint density at radius 2 is 1.71 bits per heavy atom. The molecule has 110 valence electrons. The van der Waals surface area contributed by atoms with E-state index >= 15 is 0 Å². The van der Waals surface area contributed by atoms with Crippen LogP contribution < -0.4 is 10.6 Å². The Morgan fingerprint density at radius 1 is 0.952 bits per heavy atom. The third-order valence-corrected chi connectivity index (χ3v) is 4.33. The zero-order chi connectivity index (χ0) is 14.7. The highest BCUT2D eigenvalue weighted by atomic mass is 35.5. The Hall–Kier alpha value is -1.71. The number of nitrogens with zero attached hydrogens (tertiary/aromatic N) is 2. The number of hydrogen-bond donors (Lipinski definition) is 1. The van der Waals surface area contributed by atoms with Crippen LogP contribution in [-0.2, 0) is 6.54 Å². The summed E-state index contributed by atoms with van der Waals surface area (Å²) in [5.74, 6) is 0. The van der Waals surface area contributed by atoms with Crippen molar-refractivity contribution in [2.75, 3.05) is 36.8 Å². The van der Waals surface area contributed by atoms with Crippen molar-refractivity contribution in [1.82, 2.24) is 4.90 Å². The molecule has 0 spiro atoms.